The van der Waals surface area contributed by atoms with Crippen LogP contribution in [-0.4, -0.2) is 175 Å². The van der Waals surface area contributed by atoms with Crippen molar-refractivity contribution in [2.45, 2.75) is 0 Å². The molecule has 0 heterocycles. The van der Waals surface area contributed by atoms with E-state index in [0.29, 0.717) is 152 Å². The molecule has 40 heavy (non-hydrogen) atoms. The molecule has 1 N–H and O–H groups in total. The van der Waals surface area contributed by atoms with E-state index in [9.17, 15) is 0 Å². The van der Waals surface area contributed by atoms with Gasteiger partial charge in [-0.25, -0.2) is 0 Å². The molecule has 0 spiro atoms. The van der Waals surface area contributed by atoms with E-state index in [2.05, 4.69) is 22.6 Å². The Morgan fingerprint density at radius 3 is 0.550 bits per heavy atom. The number of hydrogen-bond acceptors (Lipinski definition) is 13. The number of ether oxygens (including phenoxy) is 12. The summed E-state index contributed by atoms with van der Waals surface area (Å²) >= 11 is 2.28. The van der Waals surface area contributed by atoms with Gasteiger partial charge in [0.25, 0.3) is 0 Å². The van der Waals surface area contributed by atoms with Crippen molar-refractivity contribution in [1.29, 1.82) is 0 Å². The van der Waals surface area contributed by atoms with Crippen LogP contribution in [0.1, 0.15) is 0 Å². The van der Waals surface area contributed by atoms with Gasteiger partial charge in [0.2, 0.25) is 0 Å². The summed E-state index contributed by atoms with van der Waals surface area (Å²) in [6.45, 7) is 12.7. The van der Waals surface area contributed by atoms with E-state index >= 15 is 0 Å². The average molecular weight is 701 g/mol. The molecule has 0 saturated carbocycles. The van der Waals surface area contributed by atoms with Gasteiger partial charge in [0.15, 0.2) is 0 Å². The molecule has 0 aromatic rings. The molecule has 0 fully saturated rings. The molecule has 0 radical (unpaired) electrons. The van der Waals surface area contributed by atoms with Crippen LogP contribution >= 0.6 is 22.6 Å². The van der Waals surface area contributed by atoms with Crippen LogP contribution in [0.2, 0.25) is 0 Å². The van der Waals surface area contributed by atoms with Crippen molar-refractivity contribution in [2.75, 3.05) is 170 Å². The number of aliphatic hydroxyl groups excluding tert-OH is 1. The molecular weight excluding hydrogens is 647 g/mol. The summed E-state index contributed by atoms with van der Waals surface area (Å²) in [5, 5.41) is 8.56. The van der Waals surface area contributed by atoms with Gasteiger partial charge >= 0.3 is 0 Å². The molecule has 0 aliphatic carbocycles. The first kappa shape index (κ1) is 40.2. The first-order valence-corrected chi connectivity index (χ1v) is 15.5. The van der Waals surface area contributed by atoms with Gasteiger partial charge in [-0.2, -0.15) is 0 Å². The highest BCUT2D eigenvalue weighted by Gasteiger charge is 1.96. The largest absolute Gasteiger partial charge is 0.394 e. The second kappa shape index (κ2) is 39.2. The lowest BCUT2D eigenvalue weighted by Gasteiger charge is -2.09. The summed E-state index contributed by atoms with van der Waals surface area (Å²) in [6.07, 6.45) is 0. The van der Waals surface area contributed by atoms with Crippen molar-refractivity contribution < 1.29 is 61.9 Å². The maximum absolute atomic E-state index is 8.56. The monoisotopic (exact) mass is 700 g/mol. The summed E-state index contributed by atoms with van der Waals surface area (Å²) in [5.41, 5.74) is 0. The topological polar surface area (TPSA) is 131 Å². The summed E-state index contributed by atoms with van der Waals surface area (Å²) in [5.74, 6) is 0. The van der Waals surface area contributed by atoms with Gasteiger partial charge in [-0.05, 0) is 0 Å². The van der Waals surface area contributed by atoms with E-state index in [1.807, 2.05) is 0 Å². The zero-order valence-electron chi connectivity index (χ0n) is 24.1. The van der Waals surface area contributed by atoms with Crippen LogP contribution in [0.25, 0.3) is 0 Å². The highest BCUT2D eigenvalue weighted by Crippen LogP contribution is 1.87. The molecule has 242 valence electrons. The first-order chi connectivity index (χ1) is 19.9. The van der Waals surface area contributed by atoms with Crippen LogP contribution in [-0.2, 0) is 56.8 Å². The van der Waals surface area contributed by atoms with Crippen LogP contribution in [0.3, 0.4) is 0 Å². The third-order valence-corrected chi connectivity index (χ3v) is 4.99. The smallest absolute Gasteiger partial charge is 0.0701 e. The minimum absolute atomic E-state index is 0.0268. The van der Waals surface area contributed by atoms with Gasteiger partial charge in [-0.3, -0.25) is 0 Å². The average Bonchev–Trinajstić information content (AvgIpc) is 2.97. The zero-order chi connectivity index (χ0) is 28.9. The van der Waals surface area contributed by atoms with Crippen molar-refractivity contribution in [2.24, 2.45) is 0 Å². The lowest BCUT2D eigenvalue weighted by atomic mass is 10.6. The van der Waals surface area contributed by atoms with E-state index in [1.165, 1.54) is 0 Å². The van der Waals surface area contributed by atoms with Crippen molar-refractivity contribution in [3.05, 3.63) is 0 Å². The van der Waals surface area contributed by atoms with E-state index in [4.69, 9.17) is 61.9 Å². The van der Waals surface area contributed by atoms with E-state index in [1.54, 1.807) is 0 Å². The number of alkyl halides is 1. The fourth-order valence-electron chi connectivity index (χ4n) is 2.64. The van der Waals surface area contributed by atoms with Crippen LogP contribution in [0.15, 0.2) is 0 Å². The fourth-order valence-corrected chi connectivity index (χ4v) is 2.95. The quantitative estimate of drug-likeness (QED) is 0.0553. The minimum atomic E-state index is 0.0268. The molecular formula is C26H53IO13. The Hall–Kier alpha value is 0.210. The highest BCUT2D eigenvalue weighted by atomic mass is 127. The number of rotatable bonds is 37. The van der Waals surface area contributed by atoms with Crippen LogP contribution < -0.4 is 0 Å². The van der Waals surface area contributed by atoms with E-state index in [0.717, 1.165) is 11.0 Å². The Morgan fingerprint density at radius 2 is 0.400 bits per heavy atom. The Bertz CT molecular complexity index is 403. The SMILES string of the molecule is OCCOCCOCCOCCOCCOCCOCCOCCOCCOCCOCCOCCOCCI. The second-order valence-electron chi connectivity index (χ2n) is 7.76. The minimum Gasteiger partial charge on any atom is -0.394 e. The van der Waals surface area contributed by atoms with Gasteiger partial charge in [0, 0.05) is 4.43 Å². The number of hydrogen-bond donors (Lipinski definition) is 1. The molecule has 0 unspecified atom stereocenters. The van der Waals surface area contributed by atoms with Crippen molar-refractivity contribution in [3.8, 4) is 0 Å². The molecule has 0 aliphatic rings. The third-order valence-electron chi connectivity index (χ3n) is 4.55. The van der Waals surface area contributed by atoms with Gasteiger partial charge < -0.3 is 61.9 Å². The standard InChI is InChI=1S/C26H53IO13/c27-1-3-29-5-7-31-9-11-33-13-15-35-17-19-37-21-23-39-25-26-40-24-22-38-20-18-36-16-14-34-12-10-32-8-6-30-4-2-28/h28H,1-26H2. The van der Waals surface area contributed by atoms with E-state index < -0.39 is 0 Å². The van der Waals surface area contributed by atoms with Gasteiger partial charge in [-0.1, -0.05) is 22.6 Å². The predicted molar refractivity (Wildman–Crippen MR) is 156 cm³/mol. The van der Waals surface area contributed by atoms with E-state index in [-0.39, 0.29) is 6.61 Å². The number of aliphatic hydroxyl groups is 1. The molecule has 0 atom stereocenters. The molecule has 0 saturated heterocycles. The summed E-state index contributed by atoms with van der Waals surface area (Å²) in [7, 11) is 0. The zero-order valence-corrected chi connectivity index (χ0v) is 26.3. The molecule has 0 bridgehead atoms. The van der Waals surface area contributed by atoms with Crippen molar-refractivity contribution in [1.82, 2.24) is 0 Å². The van der Waals surface area contributed by atoms with Gasteiger partial charge in [0.1, 0.15) is 0 Å². The molecule has 0 rings (SSSR count). The highest BCUT2D eigenvalue weighted by molar-refractivity contribution is 14.1. The molecule has 0 aliphatic heterocycles. The first-order valence-electron chi connectivity index (χ1n) is 14.0. The Labute approximate surface area is 253 Å². The van der Waals surface area contributed by atoms with Crippen LogP contribution in [0.5, 0.6) is 0 Å². The molecule has 0 amide bonds. The lowest BCUT2D eigenvalue weighted by molar-refractivity contribution is -0.0285. The van der Waals surface area contributed by atoms with Gasteiger partial charge in [-0.15, -0.1) is 0 Å². The summed E-state index contributed by atoms with van der Waals surface area (Å²) < 4.78 is 65.6. The molecule has 0 aromatic carbocycles. The Balaban J connectivity index is 3.01. The number of halogens is 1. The maximum atomic E-state index is 8.56. The summed E-state index contributed by atoms with van der Waals surface area (Å²) in [4.78, 5) is 0. The third kappa shape index (κ3) is 38.2. The van der Waals surface area contributed by atoms with Gasteiger partial charge in [0.05, 0.1) is 165 Å². The lowest BCUT2D eigenvalue weighted by Crippen LogP contribution is -2.15. The second-order valence-corrected chi connectivity index (χ2v) is 8.84. The molecule has 14 heteroatoms. The Kier molecular flexibility index (Phi) is 39.4. The molecule has 0 aromatic heterocycles. The van der Waals surface area contributed by atoms with Crippen molar-refractivity contribution in [3.63, 3.8) is 0 Å². The fraction of sp³-hybridized carbons (Fsp3) is 1.00. The predicted octanol–water partition coefficient (Wildman–Crippen LogP) is 0.613. The van der Waals surface area contributed by atoms with Crippen LogP contribution in [0.4, 0.5) is 0 Å². The Morgan fingerprint density at radius 1 is 0.250 bits per heavy atom. The molecule has 13 nitrogen and oxygen atoms in total. The summed E-state index contributed by atoms with van der Waals surface area (Å²) in [6, 6.07) is 0. The maximum Gasteiger partial charge on any atom is 0.0701 e. The van der Waals surface area contributed by atoms with Crippen LogP contribution in [0, 0.1) is 0 Å². The normalized spacial score (nSPS) is 11.6. The van der Waals surface area contributed by atoms with Crippen molar-refractivity contribution >= 4 is 22.6 Å².